The Bertz CT molecular complexity index is 1410. The van der Waals surface area contributed by atoms with Crippen LogP contribution in [0.25, 0.3) is 0 Å². The minimum absolute atomic E-state index is 0.0518. The van der Waals surface area contributed by atoms with E-state index >= 15 is 0 Å². The number of rotatable bonds is 8. The zero-order valence-electron chi connectivity index (χ0n) is 23.8. The maximum absolute atomic E-state index is 13.5. The summed E-state index contributed by atoms with van der Waals surface area (Å²) in [6, 6.07) is 18.0. The second kappa shape index (κ2) is 13.5. The van der Waals surface area contributed by atoms with E-state index in [0.717, 1.165) is 41.8 Å². The van der Waals surface area contributed by atoms with Gasteiger partial charge in [0.1, 0.15) is 17.0 Å². The summed E-state index contributed by atoms with van der Waals surface area (Å²) in [6.07, 6.45) is -3.72. The minimum Gasteiger partial charge on any atom is -0.351 e. The van der Waals surface area contributed by atoms with Crippen LogP contribution in [0.5, 0.6) is 0 Å². The molecule has 4 rings (SSSR count). The molecule has 1 fully saturated rings. The van der Waals surface area contributed by atoms with Crippen LogP contribution in [0.4, 0.5) is 23.7 Å². The molecule has 0 bridgehead atoms. The molecular formula is C31H35F3N4O3S. The molecule has 11 heteroatoms. The first-order valence-corrected chi connectivity index (χ1v) is 14.9. The number of hydrogen-bond acceptors (Lipinski definition) is 3. The van der Waals surface area contributed by atoms with Crippen LogP contribution in [0.1, 0.15) is 48.9 Å². The van der Waals surface area contributed by atoms with Gasteiger partial charge in [-0.3, -0.25) is 4.79 Å². The number of anilines is 1. The summed E-state index contributed by atoms with van der Waals surface area (Å²) in [5.41, 5.74) is 2.88. The first kappa shape index (κ1) is 31.2. The largest absolute Gasteiger partial charge is 0.416 e. The zero-order chi connectivity index (χ0) is 30.4. The number of amides is 3. The fourth-order valence-corrected chi connectivity index (χ4v) is 5.94. The number of hydrogen-bond donors (Lipinski definition) is 2. The van der Waals surface area contributed by atoms with Gasteiger partial charge in [-0.15, -0.1) is 0 Å². The molecule has 224 valence electrons. The van der Waals surface area contributed by atoms with Gasteiger partial charge in [0, 0.05) is 31.9 Å². The highest BCUT2D eigenvalue weighted by Crippen LogP contribution is 2.30. The van der Waals surface area contributed by atoms with Gasteiger partial charge in [-0.05, 0) is 65.4 Å². The molecule has 1 saturated heterocycles. The number of benzene rings is 3. The molecule has 3 aromatic rings. The van der Waals surface area contributed by atoms with E-state index in [2.05, 4.69) is 24.5 Å². The third-order valence-electron chi connectivity index (χ3n) is 7.22. The lowest BCUT2D eigenvalue weighted by Gasteiger charge is -2.39. The highest BCUT2D eigenvalue weighted by molar-refractivity contribution is 7.82. The molecular weight excluding hydrogens is 565 g/mol. The lowest BCUT2D eigenvalue weighted by atomic mass is 10.0. The summed E-state index contributed by atoms with van der Waals surface area (Å²) in [5.74, 6) is -0.0696. The normalized spacial score (nSPS) is 16.7. The monoisotopic (exact) mass is 600 g/mol. The molecule has 0 spiro atoms. The van der Waals surface area contributed by atoms with Gasteiger partial charge in [-0.2, -0.15) is 13.2 Å². The second-order valence-electron chi connectivity index (χ2n) is 10.5. The Morgan fingerprint density at radius 1 is 0.976 bits per heavy atom. The number of nitrogens with zero attached hydrogens (tertiary/aromatic N) is 2. The number of urea groups is 1. The van der Waals surface area contributed by atoms with E-state index in [1.165, 1.54) is 14.8 Å². The quantitative estimate of drug-likeness (QED) is 0.336. The van der Waals surface area contributed by atoms with E-state index in [0.29, 0.717) is 11.6 Å². The van der Waals surface area contributed by atoms with Gasteiger partial charge in [-0.1, -0.05) is 57.2 Å². The van der Waals surface area contributed by atoms with Crippen molar-refractivity contribution in [1.82, 2.24) is 14.5 Å². The van der Waals surface area contributed by atoms with Gasteiger partial charge in [-0.25, -0.2) is 13.3 Å². The number of nitrogens with one attached hydrogen (secondary N) is 2. The maximum Gasteiger partial charge on any atom is 0.416 e. The molecule has 0 aromatic heterocycles. The van der Waals surface area contributed by atoms with Gasteiger partial charge >= 0.3 is 12.2 Å². The molecule has 2 N–H and O–H groups in total. The molecule has 0 saturated carbocycles. The number of carbonyl (C=O) groups is 2. The van der Waals surface area contributed by atoms with E-state index in [1.54, 1.807) is 6.07 Å². The van der Waals surface area contributed by atoms with Crippen molar-refractivity contribution in [2.75, 3.05) is 25.0 Å². The summed E-state index contributed by atoms with van der Waals surface area (Å²) in [5, 5.41) is 5.75. The van der Waals surface area contributed by atoms with Crippen LogP contribution < -0.4 is 10.6 Å². The van der Waals surface area contributed by atoms with E-state index in [1.807, 2.05) is 49.4 Å². The summed E-state index contributed by atoms with van der Waals surface area (Å²) < 4.78 is 54.2. The summed E-state index contributed by atoms with van der Waals surface area (Å²) >= 11 is 0. The Hall–Kier alpha value is -3.70. The van der Waals surface area contributed by atoms with Crippen LogP contribution in [-0.2, 0) is 34.9 Å². The Kier molecular flexibility index (Phi) is 10.1. The molecule has 1 heterocycles. The van der Waals surface area contributed by atoms with Crippen molar-refractivity contribution in [3.63, 3.8) is 0 Å². The van der Waals surface area contributed by atoms with Crippen LogP contribution in [0, 0.1) is 0 Å². The molecule has 42 heavy (non-hydrogen) atoms. The lowest BCUT2D eigenvalue weighted by Crippen LogP contribution is -2.60. The Labute approximate surface area is 246 Å². The molecule has 1 aliphatic heterocycles. The summed E-state index contributed by atoms with van der Waals surface area (Å²) in [6.45, 7) is 6.62. The number of aryl methyl sites for hydroxylation is 1. The average Bonchev–Trinajstić information content (AvgIpc) is 2.99. The standard InChI is InChI=1S/C31H35F3N4O3S/c1-4-22-6-5-7-26(18-22)36-30(40)37-16-17-38(42(41)27-14-12-25(13-15-27)31(32,33)34)28(20-37)29(39)35-19-23-8-10-24(11-9-23)21(2)3/h5-15,18,21,28H,4,16-17,19-20H2,1-3H3,(H,35,39)(H,36,40)/t28-,42?/m1/s1. The van der Waals surface area contributed by atoms with Crippen LogP contribution >= 0.6 is 0 Å². The first-order chi connectivity index (χ1) is 20.0. The molecule has 0 aliphatic carbocycles. The van der Waals surface area contributed by atoms with Crippen molar-refractivity contribution >= 4 is 28.6 Å². The maximum atomic E-state index is 13.5. The van der Waals surface area contributed by atoms with Crippen molar-refractivity contribution in [1.29, 1.82) is 0 Å². The number of alkyl halides is 3. The molecule has 1 unspecified atom stereocenters. The van der Waals surface area contributed by atoms with E-state index in [-0.39, 0.29) is 31.1 Å². The first-order valence-electron chi connectivity index (χ1n) is 13.8. The molecule has 0 radical (unpaired) electrons. The van der Waals surface area contributed by atoms with Crippen LogP contribution in [0.2, 0.25) is 0 Å². The van der Waals surface area contributed by atoms with Gasteiger partial charge in [0.05, 0.1) is 10.5 Å². The second-order valence-corrected chi connectivity index (χ2v) is 11.9. The van der Waals surface area contributed by atoms with Crippen LogP contribution in [0.15, 0.2) is 77.7 Å². The fraction of sp³-hybridized carbons (Fsp3) is 0.355. The number of piperazine rings is 1. The third-order valence-corrected chi connectivity index (χ3v) is 8.76. The zero-order valence-corrected chi connectivity index (χ0v) is 24.6. The molecule has 2 atom stereocenters. The Morgan fingerprint density at radius 2 is 1.67 bits per heavy atom. The number of carbonyl (C=O) groups excluding carboxylic acids is 2. The molecule has 7 nitrogen and oxygen atoms in total. The predicted octanol–water partition coefficient (Wildman–Crippen LogP) is 5.95. The Morgan fingerprint density at radius 3 is 2.29 bits per heavy atom. The van der Waals surface area contributed by atoms with Crippen molar-refractivity contribution in [3.8, 4) is 0 Å². The van der Waals surface area contributed by atoms with Crippen molar-refractivity contribution < 1.29 is 27.0 Å². The van der Waals surface area contributed by atoms with E-state index in [4.69, 9.17) is 0 Å². The summed E-state index contributed by atoms with van der Waals surface area (Å²) in [7, 11) is -1.94. The minimum atomic E-state index is -4.52. The van der Waals surface area contributed by atoms with Gasteiger partial charge in [0.15, 0.2) is 0 Å². The summed E-state index contributed by atoms with van der Waals surface area (Å²) in [4.78, 5) is 28.3. The number of halogens is 3. The van der Waals surface area contributed by atoms with Crippen molar-refractivity contribution in [2.45, 2.75) is 56.8 Å². The highest BCUT2D eigenvalue weighted by atomic mass is 32.2. The van der Waals surface area contributed by atoms with E-state index in [9.17, 15) is 27.0 Å². The van der Waals surface area contributed by atoms with Crippen molar-refractivity contribution in [2.24, 2.45) is 0 Å². The lowest BCUT2D eigenvalue weighted by molar-refractivity contribution is -0.137. The SMILES string of the molecule is CCc1cccc(NC(=O)N2CCN(S(=O)c3ccc(C(F)(F)F)cc3)[C@@H](C(=O)NCc3ccc(C(C)C)cc3)C2)c1. The third kappa shape index (κ3) is 7.77. The molecule has 1 aliphatic rings. The van der Waals surface area contributed by atoms with E-state index < -0.39 is 40.7 Å². The predicted molar refractivity (Wildman–Crippen MR) is 157 cm³/mol. The van der Waals surface area contributed by atoms with Crippen LogP contribution in [0.3, 0.4) is 0 Å². The molecule has 3 aromatic carbocycles. The van der Waals surface area contributed by atoms with Crippen LogP contribution in [-0.4, -0.2) is 51.0 Å². The fourth-order valence-electron chi connectivity index (χ4n) is 4.66. The molecule has 3 amide bonds. The van der Waals surface area contributed by atoms with Gasteiger partial charge < -0.3 is 15.5 Å². The average molecular weight is 601 g/mol. The van der Waals surface area contributed by atoms with Crippen molar-refractivity contribution in [3.05, 3.63) is 95.1 Å². The van der Waals surface area contributed by atoms with Gasteiger partial charge in [0.2, 0.25) is 5.91 Å². The smallest absolute Gasteiger partial charge is 0.351 e. The highest BCUT2D eigenvalue weighted by Gasteiger charge is 2.38. The topological polar surface area (TPSA) is 81.8 Å². The van der Waals surface area contributed by atoms with Gasteiger partial charge in [0.25, 0.3) is 0 Å². The Balaban J connectivity index is 1.52.